The van der Waals surface area contributed by atoms with E-state index in [1.807, 2.05) is 0 Å². The molecule has 0 saturated heterocycles. The summed E-state index contributed by atoms with van der Waals surface area (Å²) in [5.74, 6) is 0. The summed E-state index contributed by atoms with van der Waals surface area (Å²) in [5.41, 5.74) is 0. The number of hydrogen-bond acceptors (Lipinski definition) is 0. The Morgan fingerprint density at radius 3 is 1.40 bits per heavy atom. The van der Waals surface area contributed by atoms with Gasteiger partial charge in [-0.1, -0.05) is 54.4 Å². The van der Waals surface area contributed by atoms with Crippen LogP contribution in [0.1, 0.15) is 0 Å². The van der Waals surface area contributed by atoms with Crippen LogP contribution >= 0.6 is 46.4 Å². The average Bonchev–Trinajstić information content (AvgIpc) is 1.59. The second-order valence-corrected chi connectivity index (χ2v) is 11.8. The summed E-state index contributed by atoms with van der Waals surface area (Å²) < 4.78 is -1.31. The van der Waals surface area contributed by atoms with E-state index in [4.69, 9.17) is 46.4 Å². The lowest BCUT2D eigenvalue weighted by molar-refractivity contribution is 1.13. The predicted octanol–water partition coefficient (Wildman–Crippen LogP) is 3.84. The normalized spacial score (nSPS) is 17.1. The van der Waals surface area contributed by atoms with Crippen molar-refractivity contribution >= 4 is 54.5 Å². The van der Waals surface area contributed by atoms with Crippen molar-refractivity contribution in [3.05, 3.63) is 0 Å². The molecule has 0 aromatic carbocycles. The summed E-state index contributed by atoms with van der Waals surface area (Å²) in [5, 5.41) is -0.329. The van der Waals surface area contributed by atoms with Crippen LogP contribution in [0.15, 0.2) is 0 Å². The molecular weight excluding hydrogens is 230 g/mol. The molecule has 1 atom stereocenters. The van der Waals surface area contributed by atoms with E-state index in [2.05, 4.69) is 19.6 Å². The Bertz CT molecular complexity index is 97.8. The van der Waals surface area contributed by atoms with Gasteiger partial charge >= 0.3 is 0 Å². The SMILES string of the molecule is C[Si](C)(C)C(Cl)C(Cl)(Cl)Cl. The minimum absolute atomic E-state index is 0.329. The molecule has 1 unspecified atom stereocenters. The molecule has 0 aliphatic heterocycles. The van der Waals surface area contributed by atoms with Crippen LogP contribution in [0.4, 0.5) is 0 Å². The smallest absolute Gasteiger partial charge is 0.122 e. The van der Waals surface area contributed by atoms with Gasteiger partial charge in [0.1, 0.15) is 0 Å². The summed E-state index contributed by atoms with van der Waals surface area (Å²) >= 11 is 22.7. The molecule has 0 aliphatic carbocycles. The summed E-state index contributed by atoms with van der Waals surface area (Å²) in [6.45, 7) is 6.19. The fraction of sp³-hybridized carbons (Fsp3) is 1.00. The lowest BCUT2D eigenvalue weighted by atomic mass is 10.9. The van der Waals surface area contributed by atoms with E-state index in [0.717, 1.165) is 0 Å². The third-order valence-corrected chi connectivity index (χ3v) is 6.83. The molecular formula is C5H10Cl4Si. The summed E-state index contributed by atoms with van der Waals surface area (Å²) in [6.07, 6.45) is 0. The van der Waals surface area contributed by atoms with E-state index in [9.17, 15) is 0 Å². The molecule has 0 N–H and O–H groups in total. The van der Waals surface area contributed by atoms with E-state index in [1.165, 1.54) is 0 Å². The van der Waals surface area contributed by atoms with E-state index < -0.39 is 11.9 Å². The van der Waals surface area contributed by atoms with E-state index in [0.29, 0.717) is 0 Å². The third kappa shape index (κ3) is 3.68. The first-order valence-electron chi connectivity index (χ1n) is 2.86. The highest BCUT2D eigenvalue weighted by Crippen LogP contribution is 2.38. The number of rotatable bonds is 1. The van der Waals surface area contributed by atoms with Gasteiger partial charge in [0.15, 0.2) is 0 Å². The molecule has 5 heteroatoms. The Balaban J connectivity index is 4.23. The molecule has 0 aromatic heterocycles. The molecule has 0 fully saturated rings. The highest BCUT2D eigenvalue weighted by Gasteiger charge is 2.40. The maximum atomic E-state index is 5.90. The van der Waals surface area contributed by atoms with Crippen molar-refractivity contribution < 1.29 is 0 Å². The molecule has 0 nitrogen and oxygen atoms in total. The van der Waals surface area contributed by atoms with Crippen molar-refractivity contribution in [1.29, 1.82) is 0 Å². The Labute approximate surface area is 82.8 Å². The van der Waals surface area contributed by atoms with Gasteiger partial charge < -0.3 is 0 Å². The number of alkyl halides is 4. The fourth-order valence-electron chi connectivity index (χ4n) is 0.491. The van der Waals surface area contributed by atoms with Crippen molar-refractivity contribution in [2.24, 2.45) is 0 Å². The van der Waals surface area contributed by atoms with Gasteiger partial charge in [0.2, 0.25) is 3.79 Å². The lowest BCUT2D eigenvalue weighted by Gasteiger charge is -2.28. The molecule has 10 heavy (non-hydrogen) atoms. The van der Waals surface area contributed by atoms with E-state index in [1.54, 1.807) is 0 Å². The number of hydrogen-bond donors (Lipinski definition) is 0. The van der Waals surface area contributed by atoms with Crippen LogP contribution < -0.4 is 0 Å². The highest BCUT2D eigenvalue weighted by atomic mass is 35.6. The first-order chi connectivity index (χ1) is 4.15. The zero-order chi connectivity index (χ0) is 8.58. The Morgan fingerprint density at radius 2 is 1.40 bits per heavy atom. The Morgan fingerprint density at radius 1 is 1.10 bits per heavy atom. The topological polar surface area (TPSA) is 0 Å². The molecule has 0 amide bonds. The predicted molar refractivity (Wildman–Crippen MR) is 53.3 cm³/mol. The quantitative estimate of drug-likeness (QED) is 0.482. The molecule has 0 radical (unpaired) electrons. The first-order valence-corrected chi connectivity index (χ1v) is 8.01. The van der Waals surface area contributed by atoms with Crippen LogP contribution in [-0.4, -0.2) is 16.9 Å². The number of halogens is 4. The molecule has 0 saturated carbocycles. The summed E-state index contributed by atoms with van der Waals surface area (Å²) in [7, 11) is -1.53. The van der Waals surface area contributed by atoms with Crippen LogP contribution in [0.25, 0.3) is 0 Å². The zero-order valence-electron chi connectivity index (χ0n) is 6.09. The van der Waals surface area contributed by atoms with Gasteiger partial charge in [-0.2, -0.15) is 0 Å². The maximum Gasteiger partial charge on any atom is 0.204 e. The summed E-state index contributed by atoms with van der Waals surface area (Å²) in [4.78, 5) is 0. The van der Waals surface area contributed by atoms with E-state index >= 15 is 0 Å². The maximum absolute atomic E-state index is 5.90. The van der Waals surface area contributed by atoms with Crippen LogP contribution in [-0.2, 0) is 0 Å². The van der Waals surface area contributed by atoms with Crippen LogP contribution in [0, 0.1) is 0 Å². The van der Waals surface area contributed by atoms with E-state index in [-0.39, 0.29) is 5.00 Å². The van der Waals surface area contributed by atoms with Gasteiger partial charge in [-0.3, -0.25) is 0 Å². The van der Waals surface area contributed by atoms with Gasteiger partial charge in [0.05, 0.1) is 13.1 Å². The monoisotopic (exact) mass is 238 g/mol. The van der Waals surface area contributed by atoms with Gasteiger partial charge in [0, 0.05) is 0 Å². The lowest BCUT2D eigenvalue weighted by Crippen LogP contribution is -2.42. The van der Waals surface area contributed by atoms with Crippen LogP contribution in [0.3, 0.4) is 0 Å². The highest BCUT2D eigenvalue weighted by molar-refractivity contribution is 6.89. The second-order valence-electron chi connectivity index (χ2n) is 3.27. The van der Waals surface area contributed by atoms with Gasteiger partial charge in [-0.05, 0) is 0 Å². The van der Waals surface area contributed by atoms with Crippen LogP contribution in [0.2, 0.25) is 19.6 Å². The average molecular weight is 240 g/mol. The molecule has 0 bridgehead atoms. The minimum Gasteiger partial charge on any atom is -0.122 e. The third-order valence-electron chi connectivity index (χ3n) is 1.05. The second kappa shape index (κ2) is 3.40. The summed E-state index contributed by atoms with van der Waals surface area (Å²) in [6, 6.07) is 0. The van der Waals surface area contributed by atoms with Crippen molar-refractivity contribution in [2.45, 2.75) is 28.4 Å². The molecule has 62 valence electrons. The van der Waals surface area contributed by atoms with Crippen molar-refractivity contribution in [3.63, 3.8) is 0 Å². The van der Waals surface area contributed by atoms with Gasteiger partial charge in [0.25, 0.3) is 0 Å². The molecule has 0 heterocycles. The van der Waals surface area contributed by atoms with Gasteiger partial charge in [-0.25, -0.2) is 0 Å². The molecule has 0 aromatic rings. The molecule has 0 rings (SSSR count). The van der Waals surface area contributed by atoms with Gasteiger partial charge in [-0.15, -0.1) is 11.6 Å². The zero-order valence-corrected chi connectivity index (χ0v) is 10.1. The Kier molecular flexibility index (Phi) is 3.87. The van der Waals surface area contributed by atoms with Crippen molar-refractivity contribution in [3.8, 4) is 0 Å². The Hall–Kier alpha value is 1.38. The molecule has 0 aliphatic rings. The largest absolute Gasteiger partial charge is 0.204 e. The molecule has 0 spiro atoms. The minimum atomic E-state index is -1.53. The van der Waals surface area contributed by atoms with Crippen LogP contribution in [0.5, 0.6) is 0 Å². The van der Waals surface area contributed by atoms with Crippen molar-refractivity contribution in [2.75, 3.05) is 0 Å². The fourth-order valence-corrected chi connectivity index (χ4v) is 4.42. The standard InChI is InChI=1S/C5H10Cl4Si/c1-10(2,3)4(6)5(7,8)9/h4H,1-3H3. The first kappa shape index (κ1) is 11.4. The van der Waals surface area contributed by atoms with Crippen molar-refractivity contribution in [1.82, 2.24) is 0 Å².